The van der Waals surface area contributed by atoms with Gasteiger partial charge in [0.2, 0.25) is 17.8 Å². The first-order valence-corrected chi connectivity index (χ1v) is 10.6. The molecule has 0 saturated carbocycles. The molecule has 0 radical (unpaired) electrons. The predicted molar refractivity (Wildman–Crippen MR) is 118 cm³/mol. The third-order valence-corrected chi connectivity index (χ3v) is 5.57. The molecule has 3 aromatic rings. The third kappa shape index (κ3) is 4.33. The number of hydrogen-bond donors (Lipinski definition) is 3. The van der Waals surface area contributed by atoms with E-state index in [1.807, 2.05) is 12.1 Å². The summed E-state index contributed by atoms with van der Waals surface area (Å²) in [5, 5.41) is 10.3. The molecule has 0 spiro atoms. The van der Waals surface area contributed by atoms with Gasteiger partial charge in [0.25, 0.3) is 0 Å². The molecule has 3 heterocycles. The Hall–Kier alpha value is -3.26. The standard InChI is InChI=1S/C22H26N8/c1-2-5-17-15-19(14-16(17)4-1)26-21-27-20(25-18-6-9-24-10-7-18)28-22(29-21)30-12-3-8-23-11-13-30/h1-2,4-7,9-10,19,23H,3,8,11-15H2,(H2,24,25,26,27,28,29). The fourth-order valence-corrected chi connectivity index (χ4v) is 4.08. The van der Waals surface area contributed by atoms with Crippen LogP contribution in [0.3, 0.4) is 0 Å². The van der Waals surface area contributed by atoms with Crippen LogP contribution < -0.4 is 20.9 Å². The molecule has 0 unspecified atom stereocenters. The summed E-state index contributed by atoms with van der Waals surface area (Å²) in [5.41, 5.74) is 3.70. The van der Waals surface area contributed by atoms with Gasteiger partial charge in [0.1, 0.15) is 0 Å². The van der Waals surface area contributed by atoms with Gasteiger partial charge in [-0.15, -0.1) is 0 Å². The lowest BCUT2D eigenvalue weighted by molar-refractivity contribution is 0.724. The summed E-state index contributed by atoms with van der Waals surface area (Å²) in [5.74, 6) is 1.87. The van der Waals surface area contributed by atoms with Crippen molar-refractivity contribution in [1.29, 1.82) is 0 Å². The van der Waals surface area contributed by atoms with Gasteiger partial charge in [-0.05, 0) is 49.1 Å². The van der Waals surface area contributed by atoms with Gasteiger partial charge in [-0.25, -0.2) is 0 Å². The fourth-order valence-electron chi connectivity index (χ4n) is 4.08. The van der Waals surface area contributed by atoms with E-state index < -0.39 is 0 Å². The summed E-state index contributed by atoms with van der Waals surface area (Å²) < 4.78 is 0. The molecule has 5 rings (SSSR count). The van der Waals surface area contributed by atoms with Crippen LogP contribution >= 0.6 is 0 Å². The molecule has 1 saturated heterocycles. The second-order valence-electron chi connectivity index (χ2n) is 7.75. The first-order chi connectivity index (χ1) is 14.8. The van der Waals surface area contributed by atoms with E-state index in [4.69, 9.17) is 9.97 Å². The molecule has 1 fully saturated rings. The minimum atomic E-state index is 0.289. The van der Waals surface area contributed by atoms with Crippen molar-refractivity contribution in [2.45, 2.75) is 25.3 Å². The van der Waals surface area contributed by atoms with Gasteiger partial charge in [0.05, 0.1) is 0 Å². The van der Waals surface area contributed by atoms with Gasteiger partial charge in [-0.1, -0.05) is 24.3 Å². The monoisotopic (exact) mass is 402 g/mol. The van der Waals surface area contributed by atoms with Gasteiger partial charge in [-0.3, -0.25) is 4.98 Å². The molecular formula is C22H26N8. The van der Waals surface area contributed by atoms with Crippen molar-refractivity contribution in [3.8, 4) is 0 Å². The lowest BCUT2D eigenvalue weighted by atomic mass is 10.1. The zero-order valence-corrected chi connectivity index (χ0v) is 16.9. The average molecular weight is 403 g/mol. The van der Waals surface area contributed by atoms with E-state index in [0.29, 0.717) is 17.8 Å². The Labute approximate surface area is 176 Å². The minimum absolute atomic E-state index is 0.289. The summed E-state index contributed by atoms with van der Waals surface area (Å²) in [6.07, 6.45) is 6.54. The summed E-state index contributed by atoms with van der Waals surface area (Å²) in [6.45, 7) is 3.77. The lowest BCUT2D eigenvalue weighted by Crippen LogP contribution is -2.30. The zero-order chi connectivity index (χ0) is 20.2. The van der Waals surface area contributed by atoms with Crippen molar-refractivity contribution >= 4 is 23.5 Å². The Morgan fingerprint density at radius 1 is 0.867 bits per heavy atom. The molecule has 1 aliphatic carbocycles. The van der Waals surface area contributed by atoms with Crippen LogP contribution in [0.15, 0.2) is 48.8 Å². The summed E-state index contributed by atoms with van der Waals surface area (Å²) in [7, 11) is 0. The number of aromatic nitrogens is 4. The van der Waals surface area contributed by atoms with Gasteiger partial charge in [0.15, 0.2) is 0 Å². The van der Waals surface area contributed by atoms with Crippen LogP contribution in [0.25, 0.3) is 0 Å². The van der Waals surface area contributed by atoms with Gasteiger partial charge < -0.3 is 20.9 Å². The van der Waals surface area contributed by atoms with Crippen LogP contribution in [-0.4, -0.2) is 52.2 Å². The molecule has 0 amide bonds. The minimum Gasteiger partial charge on any atom is -0.351 e. The number of rotatable bonds is 5. The number of nitrogens with one attached hydrogen (secondary N) is 3. The van der Waals surface area contributed by atoms with Crippen molar-refractivity contribution in [3.05, 3.63) is 59.9 Å². The van der Waals surface area contributed by atoms with Crippen molar-refractivity contribution in [1.82, 2.24) is 25.3 Å². The van der Waals surface area contributed by atoms with Crippen LogP contribution in [0.1, 0.15) is 17.5 Å². The molecule has 30 heavy (non-hydrogen) atoms. The molecule has 0 atom stereocenters. The Morgan fingerprint density at radius 2 is 1.63 bits per heavy atom. The quantitative estimate of drug-likeness (QED) is 0.599. The van der Waals surface area contributed by atoms with Crippen LogP contribution in [-0.2, 0) is 12.8 Å². The maximum absolute atomic E-state index is 4.78. The molecular weight excluding hydrogens is 376 g/mol. The second-order valence-corrected chi connectivity index (χ2v) is 7.75. The number of benzene rings is 1. The van der Waals surface area contributed by atoms with Crippen molar-refractivity contribution in [2.24, 2.45) is 0 Å². The van der Waals surface area contributed by atoms with E-state index in [1.54, 1.807) is 12.4 Å². The van der Waals surface area contributed by atoms with Gasteiger partial charge >= 0.3 is 0 Å². The fraction of sp³-hybridized carbons (Fsp3) is 0.364. The summed E-state index contributed by atoms with van der Waals surface area (Å²) in [4.78, 5) is 20.5. The van der Waals surface area contributed by atoms with Crippen molar-refractivity contribution < 1.29 is 0 Å². The van der Waals surface area contributed by atoms with E-state index in [2.05, 4.69) is 55.1 Å². The molecule has 0 bridgehead atoms. The van der Waals surface area contributed by atoms with E-state index in [1.165, 1.54) is 11.1 Å². The maximum Gasteiger partial charge on any atom is 0.233 e. The molecule has 2 aliphatic rings. The maximum atomic E-state index is 4.78. The van der Waals surface area contributed by atoms with Crippen molar-refractivity contribution in [2.75, 3.05) is 41.7 Å². The largest absolute Gasteiger partial charge is 0.351 e. The number of anilines is 4. The zero-order valence-electron chi connectivity index (χ0n) is 16.9. The summed E-state index contributed by atoms with van der Waals surface area (Å²) >= 11 is 0. The molecule has 1 aromatic carbocycles. The number of fused-ring (bicyclic) bond motifs is 1. The van der Waals surface area contributed by atoms with E-state index in [9.17, 15) is 0 Å². The molecule has 8 heteroatoms. The number of nitrogens with zero attached hydrogens (tertiary/aromatic N) is 5. The van der Waals surface area contributed by atoms with E-state index in [0.717, 1.165) is 51.1 Å². The normalized spacial score (nSPS) is 16.7. The molecule has 1 aliphatic heterocycles. The van der Waals surface area contributed by atoms with E-state index >= 15 is 0 Å². The van der Waals surface area contributed by atoms with Crippen LogP contribution in [0.5, 0.6) is 0 Å². The number of hydrogen-bond acceptors (Lipinski definition) is 8. The Balaban J connectivity index is 1.40. The average Bonchev–Trinajstić information content (AvgIpc) is 2.97. The van der Waals surface area contributed by atoms with Crippen LogP contribution in [0, 0.1) is 0 Å². The lowest BCUT2D eigenvalue weighted by Gasteiger charge is -2.22. The molecule has 3 N–H and O–H groups in total. The highest BCUT2D eigenvalue weighted by molar-refractivity contribution is 5.55. The smallest absolute Gasteiger partial charge is 0.233 e. The first-order valence-electron chi connectivity index (χ1n) is 10.6. The molecule has 2 aromatic heterocycles. The predicted octanol–water partition coefficient (Wildman–Crippen LogP) is 2.39. The topological polar surface area (TPSA) is 90.9 Å². The molecule has 154 valence electrons. The second kappa shape index (κ2) is 8.62. The van der Waals surface area contributed by atoms with Gasteiger partial charge in [0, 0.05) is 43.8 Å². The third-order valence-electron chi connectivity index (χ3n) is 5.57. The van der Waals surface area contributed by atoms with Crippen molar-refractivity contribution in [3.63, 3.8) is 0 Å². The Bertz CT molecular complexity index is 960. The van der Waals surface area contributed by atoms with Crippen LogP contribution in [0.2, 0.25) is 0 Å². The number of pyridine rings is 1. The Kier molecular flexibility index (Phi) is 5.39. The first kappa shape index (κ1) is 18.7. The highest BCUT2D eigenvalue weighted by Gasteiger charge is 2.23. The SMILES string of the molecule is c1ccc2c(c1)CC(Nc1nc(Nc3ccncc3)nc(N3CCCNCC3)n1)C2. The highest BCUT2D eigenvalue weighted by Crippen LogP contribution is 2.25. The van der Waals surface area contributed by atoms with Crippen LogP contribution in [0.4, 0.5) is 23.5 Å². The Morgan fingerprint density at radius 3 is 2.43 bits per heavy atom. The van der Waals surface area contributed by atoms with E-state index in [-0.39, 0.29) is 6.04 Å². The highest BCUT2D eigenvalue weighted by atomic mass is 15.3. The molecule has 8 nitrogen and oxygen atoms in total. The summed E-state index contributed by atoms with van der Waals surface area (Å²) in [6, 6.07) is 12.7. The van der Waals surface area contributed by atoms with Gasteiger partial charge in [-0.2, -0.15) is 15.0 Å².